The van der Waals surface area contributed by atoms with Gasteiger partial charge in [0.2, 0.25) is 0 Å². The van der Waals surface area contributed by atoms with Gasteiger partial charge in [0, 0.05) is 12.1 Å². The van der Waals surface area contributed by atoms with Gasteiger partial charge in [0.15, 0.2) is 22.5 Å². The molecule has 0 aliphatic heterocycles. The van der Waals surface area contributed by atoms with Crippen LogP contribution in [0.2, 0.25) is 0 Å². The van der Waals surface area contributed by atoms with Crippen molar-refractivity contribution in [1.29, 1.82) is 0 Å². The van der Waals surface area contributed by atoms with Crippen LogP contribution in [0.1, 0.15) is 6.92 Å². The molecule has 1 aromatic heterocycles. The highest BCUT2D eigenvalue weighted by molar-refractivity contribution is 7.86. The highest BCUT2D eigenvalue weighted by atomic mass is 32.2. The monoisotopic (exact) mass is 257 g/mol. The minimum Gasteiger partial charge on any atom is -0.741 e. The van der Waals surface area contributed by atoms with Gasteiger partial charge in [0.05, 0.1) is 0 Å². The van der Waals surface area contributed by atoms with Gasteiger partial charge >= 0.3 is 5.51 Å². The summed E-state index contributed by atoms with van der Waals surface area (Å²) in [7, 11) is -6.09. The lowest BCUT2D eigenvalue weighted by atomic mass is 10.5. The van der Waals surface area contributed by atoms with Crippen molar-refractivity contribution in [2.75, 3.05) is 0 Å². The Hall–Kier alpha value is -1.15. The molecular formula is C8H10F3NO3S. The van der Waals surface area contributed by atoms with E-state index in [1.165, 1.54) is 0 Å². The van der Waals surface area contributed by atoms with Crippen LogP contribution in [0.15, 0.2) is 30.6 Å². The molecule has 4 nitrogen and oxygen atoms in total. The first-order valence-corrected chi connectivity index (χ1v) is 5.55. The highest BCUT2D eigenvalue weighted by Gasteiger charge is 2.36. The Morgan fingerprint density at radius 1 is 1.19 bits per heavy atom. The van der Waals surface area contributed by atoms with Crippen molar-refractivity contribution in [3.8, 4) is 0 Å². The molecule has 0 unspecified atom stereocenters. The predicted molar refractivity (Wildman–Crippen MR) is 48.1 cm³/mol. The largest absolute Gasteiger partial charge is 0.741 e. The van der Waals surface area contributed by atoms with E-state index >= 15 is 0 Å². The summed E-state index contributed by atoms with van der Waals surface area (Å²) in [6, 6.07) is 6.08. The van der Waals surface area contributed by atoms with Crippen LogP contribution in [0.3, 0.4) is 0 Å². The van der Waals surface area contributed by atoms with Crippen molar-refractivity contribution < 1.29 is 30.7 Å². The third-order valence-electron chi connectivity index (χ3n) is 1.43. The molecule has 0 fully saturated rings. The third-order valence-corrected chi connectivity index (χ3v) is 1.99. The van der Waals surface area contributed by atoms with E-state index in [1.54, 1.807) is 0 Å². The zero-order chi connectivity index (χ0) is 12.8. The van der Waals surface area contributed by atoms with E-state index in [9.17, 15) is 13.2 Å². The Bertz CT molecular complexity index is 402. The van der Waals surface area contributed by atoms with Gasteiger partial charge in [0.25, 0.3) is 0 Å². The lowest BCUT2D eigenvalue weighted by Crippen LogP contribution is -2.30. The van der Waals surface area contributed by atoms with Crippen LogP contribution in [0.5, 0.6) is 0 Å². The Morgan fingerprint density at radius 2 is 1.56 bits per heavy atom. The standard InChI is InChI=1S/C7H10N.CHF3O3S/c1-2-8-6-4-3-5-7-8;2-1(3,4)8(5,6)7/h3-7H,2H2,1H3;(H,5,6,7)/q+1;/p-1. The summed E-state index contributed by atoms with van der Waals surface area (Å²) < 4.78 is 61.0. The van der Waals surface area contributed by atoms with E-state index in [0.29, 0.717) is 0 Å². The summed E-state index contributed by atoms with van der Waals surface area (Å²) >= 11 is 0. The van der Waals surface area contributed by atoms with Crippen LogP contribution < -0.4 is 4.57 Å². The van der Waals surface area contributed by atoms with Gasteiger partial charge in [0.1, 0.15) is 6.54 Å². The molecule has 0 amide bonds. The summed E-state index contributed by atoms with van der Waals surface area (Å²) in [6.07, 6.45) is 4.11. The fourth-order valence-corrected chi connectivity index (χ4v) is 0.645. The molecule has 0 spiro atoms. The molecule has 0 aromatic carbocycles. The average Bonchev–Trinajstić information content (AvgIpc) is 2.17. The number of aryl methyl sites for hydroxylation is 1. The molecule has 1 heterocycles. The minimum atomic E-state index is -6.09. The van der Waals surface area contributed by atoms with Crippen LogP contribution >= 0.6 is 0 Å². The number of nitrogens with zero attached hydrogens (tertiary/aromatic N) is 1. The maximum Gasteiger partial charge on any atom is 0.485 e. The molecule has 0 saturated carbocycles. The minimum absolute atomic E-state index is 1.06. The zero-order valence-electron chi connectivity index (χ0n) is 8.31. The normalized spacial score (nSPS) is 11.6. The smallest absolute Gasteiger partial charge is 0.485 e. The lowest BCUT2D eigenvalue weighted by Gasteiger charge is -2.08. The Kier molecular flexibility index (Phi) is 5.39. The maximum atomic E-state index is 10.7. The number of halogens is 3. The van der Waals surface area contributed by atoms with E-state index in [-0.39, 0.29) is 0 Å². The van der Waals surface area contributed by atoms with Crippen LogP contribution in [0.25, 0.3) is 0 Å². The van der Waals surface area contributed by atoms with E-state index in [1.807, 2.05) is 18.2 Å². The molecule has 1 rings (SSSR count). The molecule has 0 aliphatic rings. The second kappa shape index (κ2) is 5.80. The summed E-state index contributed by atoms with van der Waals surface area (Å²) in [4.78, 5) is 0. The first-order valence-electron chi connectivity index (χ1n) is 4.14. The van der Waals surface area contributed by atoms with Gasteiger partial charge in [-0.1, -0.05) is 6.07 Å². The Balaban J connectivity index is 0.000000281. The molecule has 16 heavy (non-hydrogen) atoms. The number of hydrogen-bond donors (Lipinski definition) is 0. The molecule has 0 aliphatic carbocycles. The predicted octanol–water partition coefficient (Wildman–Crippen LogP) is 1.05. The van der Waals surface area contributed by atoms with Crippen molar-refractivity contribution in [2.45, 2.75) is 19.0 Å². The van der Waals surface area contributed by atoms with Gasteiger partial charge in [-0.15, -0.1) is 0 Å². The Labute approximate surface area is 91.1 Å². The molecule has 0 radical (unpaired) electrons. The van der Waals surface area contributed by atoms with Crippen molar-refractivity contribution in [2.24, 2.45) is 0 Å². The second-order valence-electron chi connectivity index (χ2n) is 2.61. The topological polar surface area (TPSA) is 61.1 Å². The summed E-state index contributed by atoms with van der Waals surface area (Å²) in [6.45, 7) is 3.18. The first kappa shape index (κ1) is 14.8. The molecule has 0 saturated heterocycles. The van der Waals surface area contributed by atoms with Crippen molar-refractivity contribution in [3.63, 3.8) is 0 Å². The van der Waals surface area contributed by atoms with Gasteiger partial charge in [-0.05, 0) is 6.92 Å². The maximum absolute atomic E-state index is 10.7. The van der Waals surface area contributed by atoms with Gasteiger partial charge in [-0.2, -0.15) is 13.2 Å². The number of pyridine rings is 1. The number of rotatable bonds is 1. The summed E-state index contributed by atoms with van der Waals surface area (Å²) in [5, 5.41) is 0. The van der Waals surface area contributed by atoms with Crippen LogP contribution in [0.4, 0.5) is 13.2 Å². The number of aromatic nitrogens is 1. The summed E-state index contributed by atoms with van der Waals surface area (Å²) in [5.41, 5.74) is -5.65. The molecule has 0 atom stereocenters. The quantitative estimate of drug-likeness (QED) is 0.429. The molecule has 1 aromatic rings. The van der Waals surface area contributed by atoms with Crippen molar-refractivity contribution in [1.82, 2.24) is 0 Å². The first-order chi connectivity index (χ1) is 7.18. The second-order valence-corrected chi connectivity index (χ2v) is 3.98. The third kappa shape index (κ3) is 5.66. The highest BCUT2D eigenvalue weighted by Crippen LogP contribution is 2.20. The number of hydrogen-bond acceptors (Lipinski definition) is 3. The fraction of sp³-hybridized carbons (Fsp3) is 0.375. The average molecular weight is 257 g/mol. The lowest BCUT2D eigenvalue weighted by molar-refractivity contribution is -0.693. The van der Waals surface area contributed by atoms with Crippen molar-refractivity contribution >= 4 is 10.1 Å². The van der Waals surface area contributed by atoms with Crippen LogP contribution in [-0.2, 0) is 16.7 Å². The zero-order valence-corrected chi connectivity index (χ0v) is 9.12. The van der Waals surface area contributed by atoms with Crippen molar-refractivity contribution in [3.05, 3.63) is 30.6 Å². The van der Waals surface area contributed by atoms with Gasteiger partial charge < -0.3 is 4.55 Å². The molecule has 92 valence electrons. The van der Waals surface area contributed by atoms with Crippen LogP contribution in [0, 0.1) is 0 Å². The van der Waals surface area contributed by atoms with E-state index in [4.69, 9.17) is 13.0 Å². The van der Waals surface area contributed by atoms with E-state index in [2.05, 4.69) is 23.9 Å². The van der Waals surface area contributed by atoms with E-state index in [0.717, 1.165) is 6.54 Å². The molecular weight excluding hydrogens is 247 g/mol. The van der Waals surface area contributed by atoms with Crippen LogP contribution in [-0.4, -0.2) is 18.5 Å². The van der Waals surface area contributed by atoms with Gasteiger partial charge in [-0.3, -0.25) is 0 Å². The molecule has 8 heteroatoms. The summed E-state index contributed by atoms with van der Waals surface area (Å²) in [5.74, 6) is 0. The van der Waals surface area contributed by atoms with E-state index < -0.39 is 15.6 Å². The SMILES string of the molecule is CC[n+]1ccccc1.O=S(=O)([O-])C(F)(F)F. The fourth-order valence-electron chi connectivity index (χ4n) is 0.645. The number of alkyl halides is 3. The molecule has 0 N–H and O–H groups in total. The van der Waals surface area contributed by atoms with Gasteiger partial charge in [-0.25, -0.2) is 13.0 Å². The Morgan fingerprint density at radius 3 is 1.75 bits per heavy atom. The molecule has 0 bridgehead atoms.